The average Bonchev–Trinajstić information content (AvgIpc) is 3.38. The molecular formula is C32H30N4O3S. The van der Waals surface area contributed by atoms with Crippen molar-refractivity contribution in [2.75, 3.05) is 0 Å². The Morgan fingerprint density at radius 1 is 0.850 bits per heavy atom. The third-order valence-electron chi connectivity index (χ3n) is 7.56. The van der Waals surface area contributed by atoms with Crippen LogP contribution in [-0.4, -0.2) is 29.7 Å². The SMILES string of the molecule is NCc1ccc(CNC(=O)C2Cc3c([nH]c4ccccc34)CN2S(=O)(=O)c2ccc(-c3ccccc3)cc2)cc1. The standard InChI is InChI=1S/C32H30N4O3S/c33-19-22-10-12-23(13-11-22)20-34-32(37)31-18-28-27-8-4-5-9-29(27)35-30(28)21-36(31)40(38,39)26-16-14-25(15-17-26)24-6-2-1-3-7-24/h1-17,31,35H,18-21,33H2,(H,34,37). The van der Waals surface area contributed by atoms with Gasteiger partial charge in [-0.1, -0.05) is 84.9 Å². The molecule has 0 fully saturated rings. The Morgan fingerprint density at radius 3 is 2.23 bits per heavy atom. The van der Waals surface area contributed by atoms with Crippen molar-refractivity contribution in [3.05, 3.63) is 126 Å². The molecule has 6 rings (SSSR count). The molecule has 0 bridgehead atoms. The van der Waals surface area contributed by atoms with E-state index in [2.05, 4.69) is 10.3 Å². The fourth-order valence-electron chi connectivity index (χ4n) is 5.35. The van der Waals surface area contributed by atoms with Crippen molar-refractivity contribution in [2.45, 2.75) is 37.0 Å². The molecule has 7 nitrogen and oxygen atoms in total. The fraction of sp³-hybridized carbons (Fsp3) is 0.156. The number of carbonyl (C=O) groups is 1. The largest absolute Gasteiger partial charge is 0.357 e. The topological polar surface area (TPSA) is 108 Å². The molecule has 202 valence electrons. The predicted molar refractivity (Wildman–Crippen MR) is 157 cm³/mol. The Kier molecular flexibility index (Phi) is 6.98. The van der Waals surface area contributed by atoms with E-state index < -0.39 is 16.1 Å². The molecule has 2 heterocycles. The highest BCUT2D eigenvalue weighted by Crippen LogP contribution is 2.34. The molecule has 5 aromatic rings. The molecular weight excluding hydrogens is 520 g/mol. The van der Waals surface area contributed by atoms with E-state index in [1.807, 2.05) is 78.9 Å². The van der Waals surface area contributed by atoms with Crippen LogP contribution >= 0.6 is 0 Å². The molecule has 1 atom stereocenters. The number of para-hydroxylation sites is 1. The van der Waals surface area contributed by atoms with Crippen LogP contribution in [0.3, 0.4) is 0 Å². The van der Waals surface area contributed by atoms with Crippen molar-refractivity contribution in [1.82, 2.24) is 14.6 Å². The Bertz CT molecular complexity index is 1760. The van der Waals surface area contributed by atoms with E-state index in [1.54, 1.807) is 24.3 Å². The van der Waals surface area contributed by atoms with Crippen molar-refractivity contribution >= 4 is 26.8 Å². The quantitative estimate of drug-likeness (QED) is 0.272. The first kappa shape index (κ1) is 26.0. The number of carbonyl (C=O) groups excluding carboxylic acids is 1. The van der Waals surface area contributed by atoms with Crippen LogP contribution in [0.2, 0.25) is 0 Å². The lowest BCUT2D eigenvalue weighted by Crippen LogP contribution is -2.52. The zero-order chi connectivity index (χ0) is 27.7. The molecule has 1 unspecified atom stereocenters. The number of nitrogens with one attached hydrogen (secondary N) is 2. The molecule has 0 radical (unpaired) electrons. The summed E-state index contributed by atoms with van der Waals surface area (Å²) in [4.78, 5) is 17.2. The summed E-state index contributed by atoms with van der Waals surface area (Å²) < 4.78 is 29.4. The lowest BCUT2D eigenvalue weighted by Gasteiger charge is -2.34. The predicted octanol–water partition coefficient (Wildman–Crippen LogP) is 4.73. The van der Waals surface area contributed by atoms with E-state index in [1.165, 1.54) is 4.31 Å². The molecule has 1 aliphatic heterocycles. The van der Waals surface area contributed by atoms with E-state index in [4.69, 9.17) is 5.73 Å². The maximum atomic E-state index is 14.0. The molecule has 0 aliphatic carbocycles. The van der Waals surface area contributed by atoms with Gasteiger partial charge in [-0.25, -0.2) is 8.42 Å². The summed E-state index contributed by atoms with van der Waals surface area (Å²) in [5.41, 5.74) is 12.3. The highest BCUT2D eigenvalue weighted by atomic mass is 32.2. The summed E-state index contributed by atoms with van der Waals surface area (Å²) in [5, 5.41) is 3.99. The third kappa shape index (κ3) is 4.93. The molecule has 1 aromatic heterocycles. The maximum Gasteiger partial charge on any atom is 0.244 e. The Balaban J connectivity index is 1.32. The minimum absolute atomic E-state index is 0.0794. The van der Waals surface area contributed by atoms with Gasteiger partial charge < -0.3 is 16.0 Å². The summed E-state index contributed by atoms with van der Waals surface area (Å²) in [6.45, 7) is 0.817. The van der Waals surface area contributed by atoms with Crippen molar-refractivity contribution in [3.63, 3.8) is 0 Å². The van der Waals surface area contributed by atoms with Gasteiger partial charge in [-0.15, -0.1) is 0 Å². The smallest absolute Gasteiger partial charge is 0.244 e. The van der Waals surface area contributed by atoms with Crippen molar-refractivity contribution in [3.8, 4) is 11.1 Å². The number of sulfonamides is 1. The number of nitrogens with zero attached hydrogens (tertiary/aromatic N) is 1. The van der Waals surface area contributed by atoms with Gasteiger partial charge in [0.15, 0.2) is 0 Å². The molecule has 40 heavy (non-hydrogen) atoms. The van der Waals surface area contributed by atoms with Gasteiger partial charge in [0.1, 0.15) is 6.04 Å². The van der Waals surface area contributed by atoms with Gasteiger partial charge in [0.25, 0.3) is 0 Å². The lowest BCUT2D eigenvalue weighted by molar-refractivity contribution is -0.125. The zero-order valence-corrected chi connectivity index (χ0v) is 22.7. The summed E-state index contributed by atoms with van der Waals surface area (Å²) in [7, 11) is -3.99. The van der Waals surface area contributed by atoms with Gasteiger partial charge in [0, 0.05) is 36.1 Å². The Morgan fingerprint density at radius 2 is 1.50 bits per heavy atom. The average molecular weight is 551 g/mol. The van der Waals surface area contributed by atoms with Gasteiger partial charge >= 0.3 is 0 Å². The van der Waals surface area contributed by atoms with Crippen LogP contribution in [0.4, 0.5) is 0 Å². The van der Waals surface area contributed by atoms with Crippen LogP contribution in [0, 0.1) is 0 Å². The van der Waals surface area contributed by atoms with E-state index >= 15 is 0 Å². The van der Waals surface area contributed by atoms with Crippen LogP contribution in [0.25, 0.3) is 22.0 Å². The van der Waals surface area contributed by atoms with E-state index in [0.29, 0.717) is 13.1 Å². The second kappa shape index (κ2) is 10.7. The number of aromatic nitrogens is 1. The van der Waals surface area contributed by atoms with Crippen LogP contribution < -0.4 is 11.1 Å². The number of rotatable bonds is 7. The lowest BCUT2D eigenvalue weighted by atomic mass is 9.98. The van der Waals surface area contributed by atoms with Gasteiger partial charge in [-0.05, 0) is 46.0 Å². The highest BCUT2D eigenvalue weighted by Gasteiger charge is 2.41. The monoisotopic (exact) mass is 550 g/mol. The van der Waals surface area contributed by atoms with Gasteiger partial charge in [0.05, 0.1) is 11.4 Å². The summed E-state index contributed by atoms with van der Waals surface area (Å²) in [6, 6.07) is 31.3. The van der Waals surface area contributed by atoms with Gasteiger partial charge in [-0.2, -0.15) is 4.31 Å². The first-order chi connectivity index (χ1) is 19.4. The highest BCUT2D eigenvalue weighted by molar-refractivity contribution is 7.89. The van der Waals surface area contributed by atoms with E-state index in [9.17, 15) is 13.2 Å². The van der Waals surface area contributed by atoms with Crippen LogP contribution in [0.1, 0.15) is 22.4 Å². The Hall–Kier alpha value is -4.24. The zero-order valence-electron chi connectivity index (χ0n) is 21.9. The molecule has 4 aromatic carbocycles. The third-order valence-corrected chi connectivity index (χ3v) is 9.43. The minimum Gasteiger partial charge on any atom is -0.357 e. The van der Waals surface area contributed by atoms with Crippen molar-refractivity contribution in [1.29, 1.82) is 0 Å². The second-order valence-corrected chi connectivity index (χ2v) is 11.9. The van der Waals surface area contributed by atoms with E-state index in [0.717, 1.165) is 44.4 Å². The number of H-pyrrole nitrogens is 1. The number of hydrogen-bond donors (Lipinski definition) is 3. The molecule has 4 N–H and O–H groups in total. The first-order valence-corrected chi connectivity index (χ1v) is 14.7. The number of fused-ring (bicyclic) bond motifs is 3. The van der Waals surface area contributed by atoms with Crippen molar-refractivity contribution < 1.29 is 13.2 Å². The van der Waals surface area contributed by atoms with Crippen LogP contribution in [0.15, 0.2) is 108 Å². The normalized spacial score (nSPS) is 15.6. The number of aromatic amines is 1. The number of amides is 1. The molecule has 8 heteroatoms. The number of nitrogens with two attached hydrogens (primary N) is 1. The molecule has 1 amide bonds. The number of hydrogen-bond acceptors (Lipinski definition) is 4. The van der Waals surface area contributed by atoms with E-state index in [-0.39, 0.29) is 23.8 Å². The van der Waals surface area contributed by atoms with Crippen LogP contribution in [-0.2, 0) is 40.9 Å². The first-order valence-electron chi connectivity index (χ1n) is 13.3. The van der Waals surface area contributed by atoms with Crippen molar-refractivity contribution in [2.24, 2.45) is 5.73 Å². The summed E-state index contributed by atoms with van der Waals surface area (Å²) in [5.74, 6) is -0.330. The van der Waals surface area contributed by atoms with Gasteiger partial charge in [0.2, 0.25) is 15.9 Å². The van der Waals surface area contributed by atoms with Crippen LogP contribution in [0.5, 0.6) is 0 Å². The molecule has 0 spiro atoms. The maximum absolute atomic E-state index is 14.0. The minimum atomic E-state index is -3.99. The van der Waals surface area contributed by atoms with Gasteiger partial charge in [-0.3, -0.25) is 4.79 Å². The summed E-state index contributed by atoms with van der Waals surface area (Å²) >= 11 is 0. The fourth-order valence-corrected chi connectivity index (χ4v) is 6.90. The Labute approximate surface area is 233 Å². The molecule has 0 saturated carbocycles. The second-order valence-electron chi connectivity index (χ2n) is 10.0. The summed E-state index contributed by atoms with van der Waals surface area (Å²) in [6.07, 6.45) is 0.276. The molecule has 0 saturated heterocycles. The molecule has 1 aliphatic rings. The number of benzene rings is 4.